The topological polar surface area (TPSA) is 85.3 Å². The third-order valence-electron chi connectivity index (χ3n) is 3.25. The number of hydrogen-bond donors (Lipinski definition) is 1. The summed E-state index contributed by atoms with van der Waals surface area (Å²) < 4.78 is 15.7. The van der Waals surface area contributed by atoms with Crippen LogP contribution in [0.3, 0.4) is 0 Å². The number of carboxylic acids is 1. The van der Waals surface area contributed by atoms with E-state index in [1.54, 1.807) is 12.1 Å². The highest BCUT2D eigenvalue weighted by Crippen LogP contribution is 2.40. The van der Waals surface area contributed by atoms with Gasteiger partial charge in [0.25, 0.3) is 5.91 Å². The number of carboxylic acid groups (broad SMARTS) is 1. The van der Waals surface area contributed by atoms with E-state index in [4.69, 9.17) is 19.3 Å². The summed E-state index contributed by atoms with van der Waals surface area (Å²) in [6.45, 7) is 1.63. The molecule has 0 aliphatic heterocycles. The Bertz CT molecular complexity index is 557. The monoisotopic (exact) mass is 311 g/mol. The standard InChI is InChI=1S/C15H21NO6/c1-9(15(18)19)8-16(2)14(17)10-6-7-11(20-3)13(22-5)12(10)21-4/h6-7,9H,8H2,1-5H3,(H,18,19). The maximum atomic E-state index is 12.5. The van der Waals surface area contributed by atoms with Crippen LogP contribution in [0.25, 0.3) is 0 Å². The summed E-state index contributed by atoms with van der Waals surface area (Å²) in [6, 6.07) is 3.16. The molecule has 1 aromatic carbocycles. The van der Waals surface area contributed by atoms with E-state index >= 15 is 0 Å². The predicted octanol–water partition coefficient (Wildman–Crippen LogP) is 1.51. The fraction of sp³-hybridized carbons (Fsp3) is 0.467. The number of carbonyl (C=O) groups excluding carboxylic acids is 1. The Balaban J connectivity index is 3.15. The molecule has 1 amide bonds. The zero-order valence-corrected chi connectivity index (χ0v) is 13.4. The highest BCUT2D eigenvalue weighted by Gasteiger charge is 2.24. The molecule has 0 radical (unpaired) electrons. The maximum Gasteiger partial charge on any atom is 0.308 e. The molecule has 0 spiro atoms. The largest absolute Gasteiger partial charge is 0.493 e. The van der Waals surface area contributed by atoms with E-state index in [1.165, 1.54) is 40.2 Å². The van der Waals surface area contributed by atoms with Gasteiger partial charge in [-0.2, -0.15) is 0 Å². The Hall–Kier alpha value is -2.44. The lowest BCUT2D eigenvalue weighted by Gasteiger charge is -2.22. The average molecular weight is 311 g/mol. The van der Waals surface area contributed by atoms with Crippen molar-refractivity contribution in [2.45, 2.75) is 6.92 Å². The first-order chi connectivity index (χ1) is 10.4. The molecular formula is C15H21NO6. The SMILES string of the molecule is COc1ccc(C(=O)N(C)CC(C)C(=O)O)c(OC)c1OC. The van der Waals surface area contributed by atoms with E-state index in [0.717, 1.165) is 0 Å². The second-order valence-electron chi connectivity index (χ2n) is 4.81. The van der Waals surface area contributed by atoms with Crippen LogP contribution in [0.15, 0.2) is 12.1 Å². The van der Waals surface area contributed by atoms with Crippen molar-refractivity contribution < 1.29 is 28.9 Å². The second kappa shape index (κ2) is 7.53. The Morgan fingerprint density at radius 3 is 2.18 bits per heavy atom. The summed E-state index contributed by atoms with van der Waals surface area (Å²) >= 11 is 0. The van der Waals surface area contributed by atoms with Crippen molar-refractivity contribution >= 4 is 11.9 Å². The van der Waals surface area contributed by atoms with Crippen LogP contribution in [0.5, 0.6) is 17.2 Å². The van der Waals surface area contributed by atoms with Crippen LogP contribution < -0.4 is 14.2 Å². The Kier molecular flexibility index (Phi) is 6.03. The molecular weight excluding hydrogens is 290 g/mol. The van der Waals surface area contributed by atoms with Gasteiger partial charge in [-0.3, -0.25) is 9.59 Å². The minimum atomic E-state index is -0.959. The molecule has 0 saturated carbocycles. The fourth-order valence-electron chi connectivity index (χ4n) is 2.05. The number of rotatable bonds is 7. The Morgan fingerprint density at radius 2 is 1.73 bits per heavy atom. The van der Waals surface area contributed by atoms with E-state index in [0.29, 0.717) is 11.5 Å². The van der Waals surface area contributed by atoms with Gasteiger partial charge in [0, 0.05) is 13.6 Å². The smallest absolute Gasteiger partial charge is 0.308 e. The van der Waals surface area contributed by atoms with Crippen molar-refractivity contribution in [1.29, 1.82) is 0 Å². The van der Waals surface area contributed by atoms with E-state index in [9.17, 15) is 9.59 Å². The van der Waals surface area contributed by atoms with Crippen molar-refractivity contribution in [2.75, 3.05) is 34.9 Å². The molecule has 0 fully saturated rings. The molecule has 22 heavy (non-hydrogen) atoms. The maximum absolute atomic E-state index is 12.5. The van der Waals surface area contributed by atoms with Gasteiger partial charge in [0.15, 0.2) is 11.5 Å². The first-order valence-electron chi connectivity index (χ1n) is 6.64. The first kappa shape index (κ1) is 17.6. The zero-order chi connectivity index (χ0) is 16.9. The van der Waals surface area contributed by atoms with Crippen molar-refractivity contribution in [1.82, 2.24) is 4.90 Å². The van der Waals surface area contributed by atoms with Crippen molar-refractivity contribution in [3.05, 3.63) is 17.7 Å². The number of hydrogen-bond acceptors (Lipinski definition) is 5. The molecule has 7 heteroatoms. The molecule has 1 N–H and O–H groups in total. The van der Waals surface area contributed by atoms with Crippen LogP contribution >= 0.6 is 0 Å². The number of nitrogens with zero attached hydrogens (tertiary/aromatic N) is 1. The predicted molar refractivity (Wildman–Crippen MR) is 79.9 cm³/mol. The van der Waals surface area contributed by atoms with E-state index in [1.807, 2.05) is 0 Å². The lowest BCUT2D eigenvalue weighted by Crippen LogP contribution is -2.33. The molecule has 0 aromatic heterocycles. The van der Waals surface area contributed by atoms with Gasteiger partial charge in [-0.1, -0.05) is 6.92 Å². The van der Waals surface area contributed by atoms with Gasteiger partial charge >= 0.3 is 5.97 Å². The van der Waals surface area contributed by atoms with Crippen LogP contribution in [0.4, 0.5) is 0 Å². The Labute approximate surface area is 129 Å². The van der Waals surface area contributed by atoms with Crippen LogP contribution in [-0.4, -0.2) is 56.8 Å². The van der Waals surface area contributed by atoms with E-state index in [2.05, 4.69) is 0 Å². The average Bonchev–Trinajstić information content (AvgIpc) is 2.51. The highest BCUT2D eigenvalue weighted by atomic mass is 16.5. The van der Waals surface area contributed by atoms with Crippen LogP contribution in [-0.2, 0) is 4.79 Å². The van der Waals surface area contributed by atoms with Gasteiger partial charge < -0.3 is 24.2 Å². The van der Waals surface area contributed by atoms with Gasteiger partial charge in [-0.15, -0.1) is 0 Å². The molecule has 7 nitrogen and oxygen atoms in total. The van der Waals surface area contributed by atoms with Gasteiger partial charge in [0.2, 0.25) is 5.75 Å². The molecule has 1 rings (SSSR count). The normalized spacial score (nSPS) is 11.5. The molecule has 1 aromatic rings. The summed E-state index contributed by atoms with van der Waals surface area (Å²) in [7, 11) is 5.90. The molecule has 0 bridgehead atoms. The molecule has 0 aliphatic rings. The molecule has 1 unspecified atom stereocenters. The number of aliphatic carboxylic acids is 1. The van der Waals surface area contributed by atoms with Crippen LogP contribution in [0.1, 0.15) is 17.3 Å². The molecule has 0 saturated heterocycles. The number of methoxy groups -OCH3 is 3. The van der Waals surface area contributed by atoms with Gasteiger partial charge in [-0.05, 0) is 12.1 Å². The number of benzene rings is 1. The number of ether oxygens (including phenoxy) is 3. The lowest BCUT2D eigenvalue weighted by atomic mass is 10.1. The number of carbonyl (C=O) groups is 2. The summed E-state index contributed by atoms with van der Waals surface area (Å²) in [5, 5.41) is 8.94. The van der Waals surface area contributed by atoms with Gasteiger partial charge in [0.05, 0.1) is 32.8 Å². The quantitative estimate of drug-likeness (QED) is 0.821. The Morgan fingerprint density at radius 1 is 1.14 bits per heavy atom. The third-order valence-corrected chi connectivity index (χ3v) is 3.25. The number of amides is 1. The molecule has 0 aliphatic carbocycles. The summed E-state index contributed by atoms with van der Waals surface area (Å²) in [5.41, 5.74) is 0.278. The zero-order valence-electron chi connectivity index (χ0n) is 13.4. The van der Waals surface area contributed by atoms with Crippen LogP contribution in [0, 0.1) is 5.92 Å². The lowest BCUT2D eigenvalue weighted by molar-refractivity contribution is -0.141. The van der Waals surface area contributed by atoms with E-state index < -0.39 is 11.9 Å². The first-order valence-corrected chi connectivity index (χ1v) is 6.64. The van der Waals surface area contributed by atoms with Gasteiger partial charge in [0.1, 0.15) is 0 Å². The summed E-state index contributed by atoms with van der Waals surface area (Å²) in [5.74, 6) is -0.973. The summed E-state index contributed by atoms with van der Waals surface area (Å²) in [4.78, 5) is 24.7. The third kappa shape index (κ3) is 3.60. The minimum Gasteiger partial charge on any atom is -0.493 e. The molecule has 122 valence electrons. The summed E-state index contributed by atoms with van der Waals surface area (Å²) in [6.07, 6.45) is 0. The van der Waals surface area contributed by atoms with Crippen molar-refractivity contribution in [3.8, 4) is 17.2 Å². The van der Waals surface area contributed by atoms with Crippen molar-refractivity contribution in [2.24, 2.45) is 5.92 Å². The molecule has 1 atom stereocenters. The highest BCUT2D eigenvalue weighted by molar-refractivity contribution is 5.98. The fourth-order valence-corrected chi connectivity index (χ4v) is 2.05. The van der Waals surface area contributed by atoms with Crippen LogP contribution in [0.2, 0.25) is 0 Å². The molecule has 0 heterocycles. The van der Waals surface area contributed by atoms with E-state index in [-0.39, 0.29) is 23.8 Å². The second-order valence-corrected chi connectivity index (χ2v) is 4.81. The van der Waals surface area contributed by atoms with Crippen molar-refractivity contribution in [3.63, 3.8) is 0 Å². The van der Waals surface area contributed by atoms with Gasteiger partial charge in [-0.25, -0.2) is 0 Å². The minimum absolute atomic E-state index is 0.0890.